The highest BCUT2D eigenvalue weighted by atomic mass is 31.2. The number of hydrogen-bond acceptors (Lipinski definition) is 7. The Morgan fingerprint density at radius 2 is 1.74 bits per heavy atom. The van der Waals surface area contributed by atoms with E-state index in [0.717, 1.165) is 0 Å². The third-order valence-corrected chi connectivity index (χ3v) is 5.83. The molecule has 1 N–H and O–H groups in total. The van der Waals surface area contributed by atoms with Gasteiger partial charge in [0.2, 0.25) is 5.75 Å². The molecule has 1 aromatic heterocycles. The Morgan fingerprint density at radius 3 is 2.19 bits per heavy atom. The van der Waals surface area contributed by atoms with Gasteiger partial charge in [-0.25, -0.2) is 0 Å². The maximum absolute atomic E-state index is 13.4. The Morgan fingerprint density at radius 1 is 1.15 bits per heavy atom. The lowest BCUT2D eigenvalue weighted by Gasteiger charge is -2.20. The fraction of sp³-hybridized carbons (Fsp3) is 0.316. The van der Waals surface area contributed by atoms with Crippen molar-refractivity contribution in [2.45, 2.75) is 13.8 Å². The Kier molecular flexibility index (Phi) is 7.42. The molecule has 0 bridgehead atoms. The molecule has 0 aliphatic rings. The van der Waals surface area contributed by atoms with Crippen LogP contribution in [-0.4, -0.2) is 37.5 Å². The lowest BCUT2D eigenvalue weighted by atomic mass is 10.1. The zero-order valence-electron chi connectivity index (χ0n) is 15.8. The smallest absolute Gasteiger partial charge is 0.361 e. The minimum atomic E-state index is -3.60. The normalized spacial score (nSPS) is 12.1. The van der Waals surface area contributed by atoms with Crippen molar-refractivity contribution >= 4 is 19.0 Å². The Labute approximate surface area is 159 Å². The van der Waals surface area contributed by atoms with E-state index in [2.05, 4.69) is 4.98 Å². The molecule has 1 heterocycles. The molecule has 0 aliphatic carbocycles. The summed E-state index contributed by atoms with van der Waals surface area (Å²) < 4.78 is 34.9. The first kappa shape index (κ1) is 21.0. The Balaban J connectivity index is 2.69. The number of phenols is 1. The second kappa shape index (κ2) is 9.55. The van der Waals surface area contributed by atoms with E-state index < -0.39 is 7.60 Å². The molecule has 0 radical (unpaired) electrons. The van der Waals surface area contributed by atoms with Crippen LogP contribution < -0.4 is 9.47 Å². The first-order valence-electron chi connectivity index (χ1n) is 8.45. The fourth-order valence-corrected chi connectivity index (χ4v) is 4.29. The van der Waals surface area contributed by atoms with Crippen molar-refractivity contribution in [3.63, 3.8) is 0 Å². The number of aromatic nitrogens is 1. The van der Waals surface area contributed by atoms with Crippen molar-refractivity contribution in [3.05, 3.63) is 47.8 Å². The SMILES string of the molecule is CCOP(=O)(OCC)/C(=C/c1cc(OC)c(O)c(OC)c1)c1cccnc1. The first-order valence-corrected chi connectivity index (χ1v) is 10.00. The van der Waals surface area contributed by atoms with E-state index in [4.69, 9.17) is 18.5 Å². The van der Waals surface area contributed by atoms with Crippen molar-refractivity contribution in [1.82, 2.24) is 4.98 Å². The van der Waals surface area contributed by atoms with Gasteiger partial charge in [0, 0.05) is 18.0 Å². The van der Waals surface area contributed by atoms with E-state index in [1.807, 2.05) is 0 Å². The number of benzene rings is 1. The molecule has 0 saturated carbocycles. The van der Waals surface area contributed by atoms with Gasteiger partial charge in [-0.05, 0) is 43.7 Å². The van der Waals surface area contributed by atoms with E-state index >= 15 is 0 Å². The number of pyridine rings is 1. The highest BCUT2D eigenvalue weighted by Gasteiger charge is 2.31. The van der Waals surface area contributed by atoms with Gasteiger partial charge in [0.25, 0.3) is 0 Å². The van der Waals surface area contributed by atoms with Crippen molar-refractivity contribution in [1.29, 1.82) is 0 Å². The molecule has 0 atom stereocenters. The van der Waals surface area contributed by atoms with E-state index in [1.54, 1.807) is 56.6 Å². The molecule has 0 unspecified atom stereocenters. The lowest BCUT2D eigenvalue weighted by molar-refractivity contribution is 0.231. The summed E-state index contributed by atoms with van der Waals surface area (Å²) in [6.45, 7) is 3.94. The minimum absolute atomic E-state index is 0.113. The number of rotatable bonds is 9. The van der Waals surface area contributed by atoms with Crippen molar-refractivity contribution in [2.24, 2.45) is 0 Å². The van der Waals surface area contributed by atoms with Gasteiger partial charge in [-0.3, -0.25) is 9.55 Å². The zero-order chi connectivity index (χ0) is 19.9. The molecule has 0 amide bonds. The van der Waals surface area contributed by atoms with Crippen LogP contribution in [0.5, 0.6) is 17.2 Å². The van der Waals surface area contributed by atoms with Gasteiger partial charge in [-0.15, -0.1) is 0 Å². The molecule has 27 heavy (non-hydrogen) atoms. The molecule has 2 rings (SSSR count). The molecule has 0 aliphatic heterocycles. The second-order valence-corrected chi connectivity index (χ2v) is 7.37. The average molecular weight is 393 g/mol. The monoisotopic (exact) mass is 393 g/mol. The molecule has 0 spiro atoms. The molecular weight excluding hydrogens is 369 g/mol. The summed E-state index contributed by atoms with van der Waals surface area (Å²) in [6.07, 6.45) is 4.87. The number of phenolic OH excluding ortho intramolecular Hbond substituents is 1. The van der Waals surface area contributed by atoms with Crippen molar-refractivity contribution < 1.29 is 28.2 Å². The summed E-state index contributed by atoms with van der Waals surface area (Å²) in [5, 5.41) is 10.5. The van der Waals surface area contributed by atoms with Gasteiger partial charge in [0.15, 0.2) is 11.5 Å². The molecule has 7 nitrogen and oxygen atoms in total. The van der Waals surface area contributed by atoms with Gasteiger partial charge in [0.05, 0.1) is 32.7 Å². The van der Waals surface area contributed by atoms with Crippen LogP contribution in [0.25, 0.3) is 11.4 Å². The number of aromatic hydroxyl groups is 1. The number of methoxy groups -OCH3 is 2. The topological polar surface area (TPSA) is 87.1 Å². The molecule has 0 saturated heterocycles. The van der Waals surface area contributed by atoms with Crippen molar-refractivity contribution in [2.75, 3.05) is 27.4 Å². The highest BCUT2D eigenvalue weighted by molar-refractivity contribution is 7.65. The van der Waals surface area contributed by atoms with Crippen LogP contribution >= 0.6 is 7.60 Å². The largest absolute Gasteiger partial charge is 0.502 e. The van der Waals surface area contributed by atoms with Crippen LogP contribution in [0.4, 0.5) is 0 Å². The van der Waals surface area contributed by atoms with Crippen molar-refractivity contribution in [3.8, 4) is 17.2 Å². The number of nitrogens with zero attached hydrogens (tertiary/aromatic N) is 1. The highest BCUT2D eigenvalue weighted by Crippen LogP contribution is 2.61. The van der Waals surface area contributed by atoms with Crippen LogP contribution in [0.15, 0.2) is 36.7 Å². The van der Waals surface area contributed by atoms with E-state index in [-0.39, 0.29) is 30.5 Å². The number of ether oxygens (including phenoxy) is 2. The van der Waals surface area contributed by atoms with Crippen LogP contribution in [-0.2, 0) is 13.6 Å². The van der Waals surface area contributed by atoms with Crippen LogP contribution in [0.2, 0.25) is 0 Å². The van der Waals surface area contributed by atoms with Gasteiger partial charge in [-0.1, -0.05) is 6.07 Å². The summed E-state index contributed by atoms with van der Waals surface area (Å²) in [5.41, 5.74) is 1.20. The van der Waals surface area contributed by atoms with Crippen LogP contribution in [0, 0.1) is 0 Å². The predicted octanol–water partition coefficient (Wildman–Crippen LogP) is 4.57. The van der Waals surface area contributed by atoms with E-state index in [1.165, 1.54) is 14.2 Å². The Bertz CT molecular complexity index is 802. The Hall–Kier alpha value is -2.34. The van der Waals surface area contributed by atoms with Gasteiger partial charge < -0.3 is 23.6 Å². The first-order chi connectivity index (χ1) is 13.0. The van der Waals surface area contributed by atoms with Gasteiger partial charge in [0.1, 0.15) is 0 Å². The summed E-state index contributed by atoms with van der Waals surface area (Å²) in [6, 6.07) is 6.73. The fourth-order valence-electron chi connectivity index (χ4n) is 2.51. The molecular formula is C19H24NO6P. The predicted molar refractivity (Wildman–Crippen MR) is 104 cm³/mol. The minimum Gasteiger partial charge on any atom is -0.502 e. The quantitative estimate of drug-likeness (QED) is 0.625. The summed E-state index contributed by atoms with van der Waals surface area (Å²) >= 11 is 0. The zero-order valence-corrected chi connectivity index (χ0v) is 16.7. The third-order valence-electron chi connectivity index (χ3n) is 3.66. The molecule has 146 valence electrons. The molecule has 0 fully saturated rings. The van der Waals surface area contributed by atoms with Gasteiger partial charge in [-0.2, -0.15) is 0 Å². The maximum atomic E-state index is 13.4. The third kappa shape index (κ3) is 4.89. The standard InChI is InChI=1S/C19H24NO6P/c1-5-25-27(22,26-6-2)18(15-8-7-9-20-13-15)12-14-10-16(23-3)19(21)17(11-14)24-4/h7-13,21H,5-6H2,1-4H3/b18-12+. The molecule has 1 aromatic carbocycles. The van der Waals surface area contributed by atoms with Crippen LogP contribution in [0.1, 0.15) is 25.0 Å². The summed E-state index contributed by atoms with van der Waals surface area (Å²) in [7, 11) is -0.719. The number of hydrogen-bond donors (Lipinski definition) is 1. The van der Waals surface area contributed by atoms with Crippen LogP contribution in [0.3, 0.4) is 0 Å². The molecule has 2 aromatic rings. The van der Waals surface area contributed by atoms with E-state index in [0.29, 0.717) is 16.4 Å². The summed E-state index contributed by atoms with van der Waals surface area (Å²) in [5.74, 6) is 0.348. The van der Waals surface area contributed by atoms with Gasteiger partial charge >= 0.3 is 7.60 Å². The average Bonchev–Trinajstić information content (AvgIpc) is 2.68. The maximum Gasteiger partial charge on any atom is 0.361 e. The van der Waals surface area contributed by atoms with E-state index in [9.17, 15) is 9.67 Å². The second-order valence-electron chi connectivity index (χ2n) is 5.38. The summed E-state index contributed by atoms with van der Waals surface area (Å²) in [4.78, 5) is 4.10. The molecule has 8 heteroatoms. The lowest BCUT2D eigenvalue weighted by Crippen LogP contribution is -1.99.